The molecule has 6 nitrogen and oxygen atoms in total. The molecule has 26 heavy (non-hydrogen) atoms. The standard InChI is InChI=1S/C20H19N3O3/c21-12-18(19(24)23-11-10-15-4-2-1-3-5-15)14-22-13-16-6-8-17(9-7-16)20(25)26/h1-9,14,22H,10-11,13H2,(H,23,24)(H,25,26)/b18-14-. The molecule has 3 N–H and O–H groups in total. The fourth-order valence-corrected chi connectivity index (χ4v) is 2.24. The molecule has 0 aliphatic carbocycles. The van der Waals surface area contributed by atoms with Crippen molar-refractivity contribution >= 4 is 11.9 Å². The summed E-state index contributed by atoms with van der Waals surface area (Å²) in [5.74, 6) is -1.42. The van der Waals surface area contributed by atoms with Crippen LogP contribution in [-0.4, -0.2) is 23.5 Å². The summed E-state index contributed by atoms with van der Waals surface area (Å²) in [6.07, 6.45) is 2.05. The van der Waals surface area contributed by atoms with E-state index in [1.54, 1.807) is 12.1 Å². The normalized spacial score (nSPS) is 10.7. The molecule has 0 spiro atoms. The third-order valence-corrected chi connectivity index (χ3v) is 3.66. The average Bonchev–Trinajstić information content (AvgIpc) is 2.66. The third-order valence-electron chi connectivity index (χ3n) is 3.66. The van der Waals surface area contributed by atoms with Crippen molar-refractivity contribution in [2.75, 3.05) is 6.54 Å². The van der Waals surface area contributed by atoms with Crippen molar-refractivity contribution in [2.24, 2.45) is 0 Å². The molecule has 1 amide bonds. The zero-order valence-electron chi connectivity index (χ0n) is 14.1. The number of hydrogen-bond donors (Lipinski definition) is 3. The van der Waals surface area contributed by atoms with Crippen LogP contribution >= 0.6 is 0 Å². The molecule has 0 aliphatic heterocycles. The predicted molar refractivity (Wildman–Crippen MR) is 97.1 cm³/mol. The number of rotatable bonds is 8. The lowest BCUT2D eigenvalue weighted by Crippen LogP contribution is -2.27. The van der Waals surface area contributed by atoms with Crippen LogP contribution in [0.5, 0.6) is 0 Å². The van der Waals surface area contributed by atoms with E-state index in [2.05, 4.69) is 10.6 Å². The summed E-state index contributed by atoms with van der Waals surface area (Å²) in [5, 5.41) is 23.6. The highest BCUT2D eigenvalue weighted by Crippen LogP contribution is 2.04. The number of amides is 1. The van der Waals surface area contributed by atoms with E-state index in [1.165, 1.54) is 18.3 Å². The second-order valence-electron chi connectivity index (χ2n) is 5.54. The van der Waals surface area contributed by atoms with Gasteiger partial charge < -0.3 is 15.7 Å². The van der Waals surface area contributed by atoms with Gasteiger partial charge in [-0.05, 0) is 29.7 Å². The number of hydrogen-bond acceptors (Lipinski definition) is 4. The van der Waals surface area contributed by atoms with Crippen molar-refractivity contribution in [1.29, 1.82) is 5.26 Å². The molecule has 0 saturated carbocycles. The minimum absolute atomic E-state index is 0.0137. The first-order valence-corrected chi connectivity index (χ1v) is 8.08. The van der Waals surface area contributed by atoms with Gasteiger partial charge in [-0.3, -0.25) is 4.79 Å². The van der Waals surface area contributed by atoms with Crippen LogP contribution in [0.25, 0.3) is 0 Å². The van der Waals surface area contributed by atoms with Gasteiger partial charge in [0.25, 0.3) is 5.91 Å². The van der Waals surface area contributed by atoms with Gasteiger partial charge in [0.1, 0.15) is 11.6 Å². The minimum atomic E-state index is -0.983. The van der Waals surface area contributed by atoms with Crippen LogP contribution in [0.4, 0.5) is 0 Å². The van der Waals surface area contributed by atoms with Crippen LogP contribution in [0.2, 0.25) is 0 Å². The smallest absolute Gasteiger partial charge is 0.335 e. The number of nitrogens with one attached hydrogen (secondary N) is 2. The molecule has 0 heterocycles. The van der Waals surface area contributed by atoms with Gasteiger partial charge in [-0.1, -0.05) is 42.5 Å². The number of carboxylic acid groups (broad SMARTS) is 1. The summed E-state index contributed by atoms with van der Waals surface area (Å²) in [5.41, 5.74) is 2.14. The Morgan fingerprint density at radius 2 is 1.73 bits per heavy atom. The fourth-order valence-electron chi connectivity index (χ4n) is 2.24. The van der Waals surface area contributed by atoms with Crippen LogP contribution in [0.3, 0.4) is 0 Å². The Kier molecular flexibility index (Phi) is 6.95. The minimum Gasteiger partial charge on any atom is -0.478 e. The molecule has 0 atom stereocenters. The highest BCUT2D eigenvalue weighted by Gasteiger charge is 2.08. The molecule has 2 aromatic carbocycles. The molecule has 2 rings (SSSR count). The zero-order chi connectivity index (χ0) is 18.8. The highest BCUT2D eigenvalue weighted by atomic mass is 16.4. The number of aromatic carboxylic acids is 1. The number of carboxylic acids is 1. The number of carbonyl (C=O) groups excluding carboxylic acids is 1. The number of benzene rings is 2. The molecule has 2 aromatic rings. The molecule has 6 heteroatoms. The quantitative estimate of drug-likeness (QED) is 0.501. The lowest BCUT2D eigenvalue weighted by atomic mass is 10.1. The van der Waals surface area contributed by atoms with Crippen molar-refractivity contribution in [3.8, 4) is 6.07 Å². The Hall–Kier alpha value is -3.59. The molecule has 132 valence electrons. The summed E-state index contributed by atoms with van der Waals surface area (Å²) in [7, 11) is 0. The number of carbonyl (C=O) groups is 2. The zero-order valence-corrected chi connectivity index (χ0v) is 14.1. The van der Waals surface area contributed by atoms with Gasteiger partial charge in [0, 0.05) is 19.3 Å². The Morgan fingerprint density at radius 1 is 1.04 bits per heavy atom. The summed E-state index contributed by atoms with van der Waals surface area (Å²) in [6, 6.07) is 18.0. The van der Waals surface area contributed by atoms with E-state index in [0.717, 1.165) is 11.1 Å². The largest absolute Gasteiger partial charge is 0.478 e. The van der Waals surface area contributed by atoms with E-state index in [4.69, 9.17) is 10.4 Å². The highest BCUT2D eigenvalue weighted by molar-refractivity contribution is 5.97. The monoisotopic (exact) mass is 349 g/mol. The first-order chi connectivity index (χ1) is 12.6. The number of nitriles is 1. The van der Waals surface area contributed by atoms with Crippen LogP contribution in [-0.2, 0) is 17.8 Å². The van der Waals surface area contributed by atoms with E-state index in [-0.39, 0.29) is 11.1 Å². The van der Waals surface area contributed by atoms with Gasteiger partial charge in [0.15, 0.2) is 0 Å². The maximum Gasteiger partial charge on any atom is 0.335 e. The summed E-state index contributed by atoms with van der Waals surface area (Å²) in [4.78, 5) is 22.8. The maximum absolute atomic E-state index is 12.0. The van der Waals surface area contributed by atoms with E-state index >= 15 is 0 Å². The van der Waals surface area contributed by atoms with Crippen molar-refractivity contribution in [3.63, 3.8) is 0 Å². The predicted octanol–water partition coefficient (Wildman–Crippen LogP) is 2.24. The van der Waals surface area contributed by atoms with Gasteiger partial charge in [-0.15, -0.1) is 0 Å². The molecule has 0 fully saturated rings. The van der Waals surface area contributed by atoms with E-state index in [9.17, 15) is 9.59 Å². The second kappa shape index (κ2) is 9.64. The van der Waals surface area contributed by atoms with E-state index in [1.807, 2.05) is 36.4 Å². The van der Waals surface area contributed by atoms with Crippen molar-refractivity contribution in [2.45, 2.75) is 13.0 Å². The summed E-state index contributed by atoms with van der Waals surface area (Å²) < 4.78 is 0. The van der Waals surface area contributed by atoms with E-state index < -0.39 is 11.9 Å². The lowest BCUT2D eigenvalue weighted by molar-refractivity contribution is -0.117. The molecule has 0 radical (unpaired) electrons. The van der Waals surface area contributed by atoms with Gasteiger partial charge in [0.2, 0.25) is 0 Å². The van der Waals surface area contributed by atoms with Gasteiger partial charge in [0.05, 0.1) is 5.56 Å². The Labute approximate surface area is 151 Å². The fraction of sp³-hybridized carbons (Fsp3) is 0.150. The Bertz CT molecular complexity index is 822. The first-order valence-electron chi connectivity index (χ1n) is 8.08. The molecular formula is C20H19N3O3. The maximum atomic E-state index is 12.0. The Morgan fingerprint density at radius 3 is 2.35 bits per heavy atom. The molecule has 0 aliphatic rings. The molecule has 0 aromatic heterocycles. The molecular weight excluding hydrogens is 330 g/mol. The van der Waals surface area contributed by atoms with Crippen LogP contribution in [0, 0.1) is 11.3 Å². The second-order valence-corrected chi connectivity index (χ2v) is 5.54. The Balaban J connectivity index is 1.81. The van der Waals surface area contributed by atoms with Crippen molar-refractivity contribution < 1.29 is 14.7 Å². The lowest BCUT2D eigenvalue weighted by Gasteiger charge is -2.06. The van der Waals surface area contributed by atoms with Gasteiger partial charge >= 0.3 is 5.97 Å². The summed E-state index contributed by atoms with van der Waals surface area (Å²) in [6.45, 7) is 0.820. The van der Waals surface area contributed by atoms with Crippen LogP contribution in [0.1, 0.15) is 21.5 Å². The van der Waals surface area contributed by atoms with Crippen LogP contribution in [0.15, 0.2) is 66.4 Å². The van der Waals surface area contributed by atoms with Crippen molar-refractivity contribution in [3.05, 3.63) is 83.1 Å². The number of nitrogens with zero attached hydrogens (tertiary/aromatic N) is 1. The van der Waals surface area contributed by atoms with Crippen molar-refractivity contribution in [1.82, 2.24) is 10.6 Å². The summed E-state index contributed by atoms with van der Waals surface area (Å²) >= 11 is 0. The first kappa shape index (κ1) is 18.7. The van der Waals surface area contributed by atoms with Crippen LogP contribution < -0.4 is 10.6 Å². The molecule has 0 unspecified atom stereocenters. The third kappa shape index (κ3) is 5.80. The van der Waals surface area contributed by atoms with E-state index in [0.29, 0.717) is 19.5 Å². The molecule has 0 saturated heterocycles. The molecule has 0 bridgehead atoms. The van der Waals surface area contributed by atoms with Gasteiger partial charge in [-0.2, -0.15) is 5.26 Å². The topological polar surface area (TPSA) is 102 Å². The van der Waals surface area contributed by atoms with Gasteiger partial charge in [-0.25, -0.2) is 4.79 Å². The average molecular weight is 349 g/mol. The SMILES string of the molecule is N#C/C(=C/NCc1ccc(C(=O)O)cc1)C(=O)NCCc1ccccc1.